The number of aromatic nitrogens is 2. The van der Waals surface area contributed by atoms with Crippen molar-refractivity contribution >= 4 is 11.9 Å². The van der Waals surface area contributed by atoms with E-state index in [4.69, 9.17) is 14.3 Å². The van der Waals surface area contributed by atoms with E-state index in [-0.39, 0.29) is 5.82 Å². The third-order valence-electron chi connectivity index (χ3n) is 6.05. The highest BCUT2D eigenvalue weighted by atomic mass is 19.1. The number of morpholine rings is 1. The standard InChI is InChI=1S/C26H25FN4O3/c1-5-21-15-31-25(29-34-26(31,3)19-7-9-20(27)10-8-19)24(33-21)13-18-6-11-22(23(12-18)32-4)30-14-17(2)28-16-30/h5-14,16H,15H2,1-4H3/b21-5-,24-13?. The Labute approximate surface area is 197 Å². The lowest BCUT2D eigenvalue weighted by molar-refractivity contribution is -0.0919. The average molecular weight is 461 g/mol. The molecule has 3 aromatic rings. The van der Waals surface area contributed by atoms with Crippen LogP contribution < -0.4 is 4.74 Å². The van der Waals surface area contributed by atoms with Gasteiger partial charge in [-0.2, -0.15) is 0 Å². The first-order valence-electron chi connectivity index (χ1n) is 11.0. The van der Waals surface area contributed by atoms with Gasteiger partial charge in [-0.3, -0.25) is 4.90 Å². The number of benzene rings is 2. The summed E-state index contributed by atoms with van der Waals surface area (Å²) < 4.78 is 27.2. The van der Waals surface area contributed by atoms with E-state index in [1.807, 2.05) is 66.8 Å². The smallest absolute Gasteiger partial charge is 0.234 e. The summed E-state index contributed by atoms with van der Waals surface area (Å²) in [6, 6.07) is 12.2. The average Bonchev–Trinajstić information content (AvgIpc) is 3.43. The monoisotopic (exact) mass is 460 g/mol. The number of hydrogen-bond acceptors (Lipinski definition) is 6. The van der Waals surface area contributed by atoms with Gasteiger partial charge in [0.25, 0.3) is 0 Å². The molecule has 0 amide bonds. The predicted molar refractivity (Wildman–Crippen MR) is 127 cm³/mol. The third kappa shape index (κ3) is 3.71. The van der Waals surface area contributed by atoms with Gasteiger partial charge in [-0.1, -0.05) is 23.4 Å². The van der Waals surface area contributed by atoms with Crippen LogP contribution >= 0.6 is 0 Å². The zero-order valence-electron chi connectivity index (χ0n) is 19.4. The van der Waals surface area contributed by atoms with E-state index in [1.165, 1.54) is 12.1 Å². The third-order valence-corrected chi connectivity index (χ3v) is 6.05. The summed E-state index contributed by atoms with van der Waals surface area (Å²) in [5, 5.41) is 4.35. The van der Waals surface area contributed by atoms with E-state index in [9.17, 15) is 4.39 Å². The second-order valence-corrected chi connectivity index (χ2v) is 8.30. The molecule has 0 spiro atoms. The first kappa shape index (κ1) is 21.8. The molecule has 1 unspecified atom stereocenters. The Morgan fingerprint density at radius 1 is 1.18 bits per heavy atom. The number of oxime groups is 1. The van der Waals surface area contributed by atoms with Crippen molar-refractivity contribution < 1.29 is 18.7 Å². The van der Waals surface area contributed by atoms with Gasteiger partial charge in [-0.25, -0.2) is 9.37 Å². The van der Waals surface area contributed by atoms with Crippen molar-refractivity contribution in [2.75, 3.05) is 13.7 Å². The number of methoxy groups -OCH3 is 1. The number of aryl methyl sites for hydroxylation is 1. The second kappa shape index (κ2) is 8.37. The van der Waals surface area contributed by atoms with Crippen molar-refractivity contribution in [1.29, 1.82) is 0 Å². The van der Waals surface area contributed by atoms with Crippen LogP contribution in [0.2, 0.25) is 0 Å². The highest BCUT2D eigenvalue weighted by Gasteiger charge is 2.47. The number of rotatable bonds is 4. The molecule has 2 aliphatic rings. The van der Waals surface area contributed by atoms with Gasteiger partial charge in [0.15, 0.2) is 5.76 Å². The minimum absolute atomic E-state index is 0.300. The van der Waals surface area contributed by atoms with Crippen LogP contribution in [0.5, 0.6) is 5.75 Å². The van der Waals surface area contributed by atoms with Crippen molar-refractivity contribution in [3.05, 3.63) is 95.2 Å². The molecule has 1 atom stereocenters. The molecular weight excluding hydrogens is 435 g/mol. The summed E-state index contributed by atoms with van der Waals surface area (Å²) in [7, 11) is 1.64. The zero-order chi connectivity index (χ0) is 23.9. The molecule has 1 fully saturated rings. The first-order chi connectivity index (χ1) is 16.4. The van der Waals surface area contributed by atoms with E-state index in [2.05, 4.69) is 10.1 Å². The highest BCUT2D eigenvalue weighted by molar-refractivity contribution is 6.02. The quantitative estimate of drug-likeness (QED) is 0.541. The SMILES string of the molecule is C/C=C1/CN2C(=NOC2(C)c2ccc(F)cc2)C(=Cc2ccc(-n3cnc(C)c3)c(OC)c2)O1. The normalized spacial score (nSPS) is 21.8. The van der Waals surface area contributed by atoms with Crippen LogP contribution in [0.4, 0.5) is 4.39 Å². The van der Waals surface area contributed by atoms with Crippen LogP contribution in [0, 0.1) is 12.7 Å². The Balaban J connectivity index is 1.51. The van der Waals surface area contributed by atoms with Crippen molar-refractivity contribution in [3.8, 4) is 11.4 Å². The van der Waals surface area contributed by atoms with Crippen molar-refractivity contribution in [3.63, 3.8) is 0 Å². The van der Waals surface area contributed by atoms with Crippen molar-refractivity contribution in [1.82, 2.24) is 14.5 Å². The fourth-order valence-electron chi connectivity index (χ4n) is 4.13. The maximum atomic E-state index is 13.5. The maximum absolute atomic E-state index is 13.5. The predicted octanol–water partition coefficient (Wildman–Crippen LogP) is 5.12. The molecule has 0 radical (unpaired) electrons. The number of halogens is 1. The minimum Gasteiger partial charge on any atom is -0.495 e. The van der Waals surface area contributed by atoms with E-state index in [1.54, 1.807) is 25.6 Å². The molecule has 3 heterocycles. The van der Waals surface area contributed by atoms with E-state index >= 15 is 0 Å². The second-order valence-electron chi connectivity index (χ2n) is 8.30. The fraction of sp³-hybridized carbons (Fsp3) is 0.231. The Morgan fingerprint density at radius 2 is 1.97 bits per heavy atom. The lowest BCUT2D eigenvalue weighted by Crippen LogP contribution is -2.48. The van der Waals surface area contributed by atoms with Gasteiger partial charge in [0.2, 0.25) is 11.6 Å². The molecule has 0 bridgehead atoms. The van der Waals surface area contributed by atoms with Gasteiger partial charge in [-0.05, 0) is 55.8 Å². The number of fused-ring (bicyclic) bond motifs is 1. The summed E-state index contributed by atoms with van der Waals surface area (Å²) in [6.07, 6.45) is 7.52. The van der Waals surface area contributed by atoms with E-state index in [0.717, 1.165) is 28.3 Å². The Morgan fingerprint density at radius 3 is 2.65 bits per heavy atom. The molecule has 5 rings (SSSR count). The fourth-order valence-corrected chi connectivity index (χ4v) is 4.13. The van der Waals surface area contributed by atoms with Crippen molar-refractivity contribution in [2.45, 2.75) is 26.5 Å². The largest absolute Gasteiger partial charge is 0.495 e. The van der Waals surface area contributed by atoms with Crippen LogP contribution in [0.1, 0.15) is 30.7 Å². The number of imidazole rings is 1. The highest BCUT2D eigenvalue weighted by Crippen LogP contribution is 2.40. The van der Waals surface area contributed by atoms with Crippen LogP contribution in [-0.2, 0) is 15.3 Å². The van der Waals surface area contributed by atoms with Crippen molar-refractivity contribution in [2.24, 2.45) is 5.16 Å². The summed E-state index contributed by atoms with van der Waals surface area (Å²) in [5.41, 5.74) is 2.59. The van der Waals surface area contributed by atoms with Crippen LogP contribution in [0.3, 0.4) is 0 Å². The summed E-state index contributed by atoms with van der Waals surface area (Å²) in [6.45, 7) is 6.25. The van der Waals surface area contributed by atoms with Gasteiger partial charge >= 0.3 is 0 Å². The van der Waals surface area contributed by atoms with Crippen LogP contribution in [-0.4, -0.2) is 33.9 Å². The molecule has 7 nitrogen and oxygen atoms in total. The van der Waals surface area contributed by atoms with Gasteiger partial charge < -0.3 is 18.9 Å². The Hall–Kier alpha value is -4.07. The summed E-state index contributed by atoms with van der Waals surface area (Å²) in [4.78, 5) is 12.2. The summed E-state index contributed by atoms with van der Waals surface area (Å²) >= 11 is 0. The van der Waals surface area contributed by atoms with Crippen LogP contribution in [0.15, 0.2) is 77.7 Å². The number of nitrogens with zero attached hydrogens (tertiary/aromatic N) is 4. The van der Waals surface area contributed by atoms with Gasteiger partial charge in [-0.15, -0.1) is 0 Å². The minimum atomic E-state index is -0.888. The molecule has 174 valence electrons. The summed E-state index contributed by atoms with van der Waals surface area (Å²) in [5.74, 6) is 2.29. The molecule has 34 heavy (non-hydrogen) atoms. The molecule has 2 aliphatic heterocycles. The van der Waals surface area contributed by atoms with Gasteiger partial charge in [0, 0.05) is 18.7 Å². The molecule has 0 saturated carbocycles. The maximum Gasteiger partial charge on any atom is 0.234 e. The van der Waals surface area contributed by atoms with Gasteiger partial charge in [0.1, 0.15) is 17.3 Å². The van der Waals surface area contributed by atoms with E-state index in [0.29, 0.717) is 23.9 Å². The zero-order valence-corrected chi connectivity index (χ0v) is 19.4. The lowest BCUT2D eigenvalue weighted by Gasteiger charge is -2.38. The number of ether oxygens (including phenoxy) is 2. The number of hydrogen-bond donors (Lipinski definition) is 0. The molecule has 1 saturated heterocycles. The topological polar surface area (TPSA) is 61.1 Å². The van der Waals surface area contributed by atoms with E-state index < -0.39 is 5.72 Å². The van der Waals surface area contributed by atoms with Crippen LogP contribution in [0.25, 0.3) is 11.8 Å². The molecular formula is C26H25FN4O3. The molecule has 0 aliphatic carbocycles. The van der Waals surface area contributed by atoms with Gasteiger partial charge in [0.05, 0.1) is 31.4 Å². The number of amidine groups is 1. The molecule has 0 N–H and O–H groups in total. The Kier molecular flexibility index (Phi) is 5.36. The molecule has 1 aromatic heterocycles. The lowest BCUT2D eigenvalue weighted by atomic mass is 10.0. The number of allylic oxidation sites excluding steroid dienone is 1. The molecule has 2 aromatic carbocycles. The molecule has 8 heteroatoms. The first-order valence-corrected chi connectivity index (χ1v) is 11.0. The Bertz CT molecular complexity index is 1330.